The highest BCUT2D eigenvalue weighted by atomic mass is 15.1. The molecule has 0 saturated heterocycles. The maximum atomic E-state index is 2.42. The Bertz CT molecular complexity index is 3230. The molecule has 0 aliphatic carbocycles. The Kier molecular flexibility index (Phi) is 8.19. The van der Waals surface area contributed by atoms with Crippen LogP contribution in [0.15, 0.2) is 231 Å². The summed E-state index contributed by atoms with van der Waals surface area (Å²) in [5.74, 6) is 0. The van der Waals surface area contributed by atoms with Crippen molar-refractivity contribution in [3.8, 4) is 39.1 Å². The average Bonchev–Trinajstić information content (AvgIpc) is 3.64. The second-order valence-corrected chi connectivity index (χ2v) is 14.9. The number of hydrogen-bond donors (Lipinski definition) is 0. The molecular formula is C56H38N2. The number of nitrogens with zero attached hydrogens (tertiary/aromatic N) is 2. The van der Waals surface area contributed by atoms with E-state index in [2.05, 4.69) is 240 Å². The van der Waals surface area contributed by atoms with Gasteiger partial charge in [0.1, 0.15) is 0 Å². The smallest absolute Gasteiger partial charge is 0.0541 e. The highest BCUT2D eigenvalue weighted by molar-refractivity contribution is 6.09. The molecule has 0 atom stereocenters. The number of fused-ring (bicyclic) bond motifs is 5. The van der Waals surface area contributed by atoms with Crippen LogP contribution in [-0.2, 0) is 0 Å². The zero-order chi connectivity index (χ0) is 38.4. The number of para-hydroxylation sites is 3. The molecule has 0 radical (unpaired) electrons. The SMILES string of the molecule is c1cc(-c2cccc3ccccc23)cc(N(c2ccc(-c3cccc4ccccc34)cc2)c2ccccc2-c2cccc(-n3c4ccccc4c4ccccc43)c2)c1. The Hall–Kier alpha value is -7.68. The summed E-state index contributed by atoms with van der Waals surface area (Å²) in [6.45, 7) is 0. The van der Waals surface area contributed by atoms with Crippen LogP contribution in [0.1, 0.15) is 0 Å². The molecule has 0 unspecified atom stereocenters. The fraction of sp³-hybridized carbons (Fsp3) is 0. The van der Waals surface area contributed by atoms with E-state index in [4.69, 9.17) is 0 Å². The van der Waals surface area contributed by atoms with E-state index in [-0.39, 0.29) is 0 Å². The molecule has 0 fully saturated rings. The molecule has 2 nitrogen and oxygen atoms in total. The van der Waals surface area contributed by atoms with E-state index in [9.17, 15) is 0 Å². The normalized spacial score (nSPS) is 11.4. The minimum absolute atomic E-state index is 1.09. The zero-order valence-corrected chi connectivity index (χ0v) is 31.8. The zero-order valence-electron chi connectivity index (χ0n) is 31.8. The molecule has 58 heavy (non-hydrogen) atoms. The standard InChI is InChI=1S/C56H38N2/c1-3-23-47-39(15-1)17-13-28-49(47)41-33-35-44(36-34-41)57(45-21-11-19-42(37-45)50-29-14-18-40-16-2-4-24-48(40)50)54-30-8-5-25-51(54)43-20-12-22-46(38-43)58-55-31-9-6-26-52(55)53-27-7-10-32-56(53)58/h1-38H. The van der Waals surface area contributed by atoms with Gasteiger partial charge in [-0.15, -0.1) is 0 Å². The van der Waals surface area contributed by atoms with Crippen molar-refractivity contribution in [3.63, 3.8) is 0 Å². The van der Waals surface area contributed by atoms with Crippen LogP contribution in [0.2, 0.25) is 0 Å². The van der Waals surface area contributed by atoms with Crippen molar-refractivity contribution in [1.82, 2.24) is 4.57 Å². The van der Waals surface area contributed by atoms with E-state index in [1.54, 1.807) is 0 Å². The van der Waals surface area contributed by atoms with Gasteiger partial charge in [-0.2, -0.15) is 0 Å². The minimum Gasteiger partial charge on any atom is -0.310 e. The first-order chi connectivity index (χ1) is 28.8. The summed E-state index contributed by atoms with van der Waals surface area (Å²) in [7, 11) is 0. The Labute approximate surface area is 338 Å². The molecule has 0 saturated carbocycles. The lowest BCUT2D eigenvalue weighted by atomic mass is 9.96. The third-order valence-corrected chi connectivity index (χ3v) is 11.6. The molecule has 0 amide bonds. The van der Waals surface area contributed by atoms with Crippen molar-refractivity contribution >= 4 is 60.4 Å². The quantitative estimate of drug-likeness (QED) is 0.158. The summed E-state index contributed by atoms with van der Waals surface area (Å²) in [5.41, 5.74) is 13.9. The van der Waals surface area contributed by atoms with Gasteiger partial charge in [0.15, 0.2) is 0 Å². The minimum atomic E-state index is 1.09. The maximum Gasteiger partial charge on any atom is 0.0541 e. The number of rotatable bonds is 7. The van der Waals surface area contributed by atoms with Crippen LogP contribution in [0.3, 0.4) is 0 Å². The van der Waals surface area contributed by atoms with Gasteiger partial charge in [0.2, 0.25) is 0 Å². The highest BCUT2D eigenvalue weighted by Crippen LogP contribution is 2.44. The first kappa shape index (κ1) is 33.6. The second-order valence-electron chi connectivity index (χ2n) is 14.9. The van der Waals surface area contributed by atoms with Crippen molar-refractivity contribution in [2.24, 2.45) is 0 Å². The monoisotopic (exact) mass is 738 g/mol. The van der Waals surface area contributed by atoms with Gasteiger partial charge in [-0.25, -0.2) is 0 Å². The summed E-state index contributed by atoms with van der Waals surface area (Å²) >= 11 is 0. The molecule has 10 aromatic carbocycles. The van der Waals surface area contributed by atoms with Crippen LogP contribution in [0.25, 0.3) is 82.4 Å². The number of anilines is 3. The van der Waals surface area contributed by atoms with Crippen LogP contribution < -0.4 is 4.90 Å². The number of aromatic nitrogens is 1. The summed E-state index contributed by atoms with van der Waals surface area (Å²) < 4.78 is 2.40. The van der Waals surface area contributed by atoms with E-state index >= 15 is 0 Å². The average molecular weight is 739 g/mol. The Morgan fingerprint density at radius 3 is 1.45 bits per heavy atom. The molecule has 1 aromatic heterocycles. The van der Waals surface area contributed by atoms with Crippen LogP contribution in [0.4, 0.5) is 17.1 Å². The number of benzene rings is 10. The molecule has 11 aromatic rings. The molecule has 272 valence electrons. The molecule has 1 heterocycles. The molecule has 0 aliphatic rings. The summed E-state index contributed by atoms with van der Waals surface area (Å²) in [5, 5.41) is 7.50. The molecule has 0 bridgehead atoms. The van der Waals surface area contributed by atoms with E-state index < -0.39 is 0 Å². The Balaban J connectivity index is 1.09. The lowest BCUT2D eigenvalue weighted by Gasteiger charge is -2.28. The van der Waals surface area contributed by atoms with Crippen LogP contribution in [-0.4, -0.2) is 4.57 Å². The van der Waals surface area contributed by atoms with Gasteiger partial charge in [0, 0.05) is 33.4 Å². The molecule has 11 rings (SSSR count). The first-order valence-electron chi connectivity index (χ1n) is 19.9. The maximum absolute atomic E-state index is 2.42. The van der Waals surface area contributed by atoms with Gasteiger partial charge in [-0.3, -0.25) is 0 Å². The van der Waals surface area contributed by atoms with E-state index in [1.807, 2.05) is 0 Å². The molecule has 0 N–H and O–H groups in total. The van der Waals surface area contributed by atoms with Gasteiger partial charge < -0.3 is 9.47 Å². The van der Waals surface area contributed by atoms with E-state index in [1.165, 1.54) is 65.6 Å². The van der Waals surface area contributed by atoms with Gasteiger partial charge in [0.05, 0.1) is 16.7 Å². The number of hydrogen-bond acceptors (Lipinski definition) is 1. The van der Waals surface area contributed by atoms with Gasteiger partial charge >= 0.3 is 0 Å². The van der Waals surface area contributed by atoms with Crippen molar-refractivity contribution < 1.29 is 0 Å². The van der Waals surface area contributed by atoms with Crippen LogP contribution in [0, 0.1) is 0 Å². The Morgan fingerprint density at radius 1 is 0.293 bits per heavy atom. The predicted molar refractivity (Wildman–Crippen MR) is 247 cm³/mol. The van der Waals surface area contributed by atoms with Crippen molar-refractivity contribution in [2.45, 2.75) is 0 Å². The van der Waals surface area contributed by atoms with E-state index in [0.29, 0.717) is 0 Å². The fourth-order valence-corrected chi connectivity index (χ4v) is 8.91. The highest BCUT2D eigenvalue weighted by Gasteiger charge is 2.20. The first-order valence-corrected chi connectivity index (χ1v) is 19.9. The van der Waals surface area contributed by atoms with Crippen molar-refractivity contribution in [3.05, 3.63) is 231 Å². The van der Waals surface area contributed by atoms with E-state index in [0.717, 1.165) is 33.9 Å². The van der Waals surface area contributed by atoms with Gasteiger partial charge in [0.25, 0.3) is 0 Å². The van der Waals surface area contributed by atoms with Gasteiger partial charge in [-0.05, 0) is 104 Å². The lowest BCUT2D eigenvalue weighted by Crippen LogP contribution is -2.11. The van der Waals surface area contributed by atoms with Gasteiger partial charge in [-0.1, -0.05) is 176 Å². The largest absolute Gasteiger partial charge is 0.310 e. The molecule has 0 aliphatic heterocycles. The van der Waals surface area contributed by atoms with Crippen LogP contribution >= 0.6 is 0 Å². The van der Waals surface area contributed by atoms with Crippen LogP contribution in [0.5, 0.6) is 0 Å². The van der Waals surface area contributed by atoms with Crippen molar-refractivity contribution in [2.75, 3.05) is 4.90 Å². The summed E-state index contributed by atoms with van der Waals surface area (Å²) in [6, 6.07) is 83.7. The summed E-state index contributed by atoms with van der Waals surface area (Å²) in [6.07, 6.45) is 0. The van der Waals surface area contributed by atoms with Crippen molar-refractivity contribution in [1.29, 1.82) is 0 Å². The third-order valence-electron chi connectivity index (χ3n) is 11.6. The third kappa shape index (κ3) is 5.74. The molecular weight excluding hydrogens is 701 g/mol. The topological polar surface area (TPSA) is 8.17 Å². The lowest BCUT2D eigenvalue weighted by molar-refractivity contribution is 1.18. The fourth-order valence-electron chi connectivity index (χ4n) is 8.91. The predicted octanol–water partition coefficient (Wildman–Crippen LogP) is 15.6. The molecule has 2 heteroatoms. The Morgan fingerprint density at radius 2 is 0.776 bits per heavy atom. The summed E-state index contributed by atoms with van der Waals surface area (Å²) in [4.78, 5) is 2.42. The second kappa shape index (κ2) is 14.1. The molecule has 0 spiro atoms.